The highest BCUT2D eigenvalue weighted by molar-refractivity contribution is 5.69. The number of hydrogen-bond acceptors (Lipinski definition) is 4. The highest BCUT2D eigenvalue weighted by atomic mass is 16.6. The van der Waals surface area contributed by atoms with E-state index in [0.717, 1.165) is 25.7 Å². The fourth-order valence-electron chi connectivity index (χ4n) is 3.53. The number of carbonyl (C=O) groups is 1. The van der Waals surface area contributed by atoms with Crippen LogP contribution >= 0.6 is 0 Å². The minimum absolute atomic E-state index is 0.173. The lowest BCUT2D eigenvalue weighted by Gasteiger charge is -2.39. The first kappa shape index (κ1) is 14.2. The maximum Gasteiger partial charge on any atom is 0.410 e. The average Bonchev–Trinajstić information content (AvgIpc) is 2.89. The molecule has 2 atom stereocenters. The van der Waals surface area contributed by atoms with Gasteiger partial charge in [0.15, 0.2) is 0 Å². The Morgan fingerprint density at radius 3 is 2.38 bits per heavy atom. The number of piperidine rings is 1. The first-order valence-corrected chi connectivity index (χ1v) is 7.64. The first-order valence-electron chi connectivity index (χ1n) is 7.64. The van der Waals surface area contributed by atoms with E-state index in [0.29, 0.717) is 11.7 Å². The van der Waals surface area contributed by atoms with Crippen LogP contribution in [0.1, 0.15) is 52.5 Å². The minimum Gasteiger partial charge on any atom is -0.444 e. The van der Waals surface area contributed by atoms with Crippen molar-refractivity contribution in [3.8, 4) is 0 Å². The molecule has 1 aromatic heterocycles. The molecule has 0 radical (unpaired) electrons. The molecule has 6 nitrogen and oxygen atoms in total. The fraction of sp³-hybridized carbons (Fsp3) is 0.733. The third kappa shape index (κ3) is 2.84. The molecule has 1 aromatic rings. The number of fused-ring (bicyclic) bond motifs is 2. The molecule has 2 unspecified atom stereocenters. The normalized spacial score (nSPS) is 28.7. The smallest absolute Gasteiger partial charge is 0.410 e. The zero-order valence-corrected chi connectivity index (χ0v) is 13.0. The molecule has 3 rings (SSSR count). The van der Waals surface area contributed by atoms with E-state index in [1.54, 1.807) is 6.20 Å². The first-order chi connectivity index (χ1) is 9.83. The van der Waals surface area contributed by atoms with Crippen molar-refractivity contribution in [2.24, 2.45) is 0 Å². The van der Waals surface area contributed by atoms with Crippen LogP contribution in [0.3, 0.4) is 0 Å². The molecule has 0 spiro atoms. The Morgan fingerprint density at radius 1 is 1.29 bits per heavy atom. The van der Waals surface area contributed by atoms with Crippen LogP contribution in [-0.4, -0.2) is 38.5 Å². The van der Waals surface area contributed by atoms with E-state index < -0.39 is 5.60 Å². The van der Waals surface area contributed by atoms with Crippen LogP contribution in [0.25, 0.3) is 0 Å². The van der Waals surface area contributed by atoms with Gasteiger partial charge in [-0.15, -0.1) is 0 Å². The molecule has 2 bridgehead atoms. The van der Waals surface area contributed by atoms with Gasteiger partial charge in [-0.2, -0.15) is 5.10 Å². The van der Waals surface area contributed by atoms with E-state index in [4.69, 9.17) is 10.5 Å². The van der Waals surface area contributed by atoms with Crippen molar-refractivity contribution in [2.45, 2.75) is 70.2 Å². The summed E-state index contributed by atoms with van der Waals surface area (Å²) in [5.74, 6) is 0. The second-order valence-corrected chi connectivity index (χ2v) is 7.15. The minimum atomic E-state index is -0.441. The van der Waals surface area contributed by atoms with E-state index in [1.807, 2.05) is 36.5 Å². The highest BCUT2D eigenvalue weighted by Crippen LogP contribution is 2.41. The van der Waals surface area contributed by atoms with Gasteiger partial charge in [0.2, 0.25) is 0 Å². The topological polar surface area (TPSA) is 73.4 Å². The van der Waals surface area contributed by atoms with Crippen molar-refractivity contribution >= 4 is 11.8 Å². The van der Waals surface area contributed by atoms with Crippen LogP contribution in [0, 0.1) is 0 Å². The lowest BCUT2D eigenvalue weighted by molar-refractivity contribution is 0.00232. The summed E-state index contributed by atoms with van der Waals surface area (Å²) in [7, 11) is 0. The molecule has 1 amide bonds. The van der Waals surface area contributed by atoms with E-state index in [9.17, 15) is 4.79 Å². The van der Waals surface area contributed by atoms with Crippen molar-refractivity contribution in [1.82, 2.24) is 14.7 Å². The number of amides is 1. The van der Waals surface area contributed by atoms with Crippen molar-refractivity contribution in [3.63, 3.8) is 0 Å². The van der Waals surface area contributed by atoms with Gasteiger partial charge in [0, 0.05) is 18.3 Å². The van der Waals surface area contributed by atoms with Gasteiger partial charge in [0.1, 0.15) is 5.60 Å². The highest BCUT2D eigenvalue weighted by Gasteiger charge is 2.45. The van der Waals surface area contributed by atoms with Gasteiger partial charge in [-0.05, 0) is 46.5 Å². The number of carbonyl (C=O) groups excluding carboxylic acids is 1. The van der Waals surface area contributed by atoms with Crippen molar-refractivity contribution in [3.05, 3.63) is 12.4 Å². The van der Waals surface area contributed by atoms with Gasteiger partial charge in [-0.25, -0.2) is 4.79 Å². The molecule has 2 aliphatic heterocycles. The van der Waals surface area contributed by atoms with Gasteiger partial charge in [-0.1, -0.05) is 0 Å². The molecule has 0 saturated carbocycles. The summed E-state index contributed by atoms with van der Waals surface area (Å²) >= 11 is 0. The Balaban J connectivity index is 1.71. The molecule has 0 aliphatic carbocycles. The monoisotopic (exact) mass is 292 g/mol. The summed E-state index contributed by atoms with van der Waals surface area (Å²) in [6, 6.07) is 0.849. The van der Waals surface area contributed by atoms with Crippen molar-refractivity contribution < 1.29 is 9.53 Å². The number of nitrogen functional groups attached to an aromatic ring is 1. The van der Waals surface area contributed by atoms with Crippen molar-refractivity contribution in [1.29, 1.82) is 0 Å². The molecule has 2 aliphatic rings. The standard InChI is InChI=1S/C15H24N4O2/c1-15(2,3)21-14(20)19-11-4-5-12(19)7-13(6-11)18-9-10(16)8-17-18/h8-9,11-13H,4-7,16H2,1-3H3. The Kier molecular flexibility index (Phi) is 3.34. The van der Waals surface area contributed by atoms with E-state index >= 15 is 0 Å². The quantitative estimate of drug-likeness (QED) is 0.863. The number of rotatable bonds is 1. The lowest BCUT2D eigenvalue weighted by Crippen LogP contribution is -2.48. The van der Waals surface area contributed by atoms with Crippen LogP contribution in [0.15, 0.2) is 12.4 Å². The van der Waals surface area contributed by atoms with E-state index in [1.165, 1.54) is 0 Å². The Hall–Kier alpha value is -1.72. The van der Waals surface area contributed by atoms with Crippen LogP contribution in [-0.2, 0) is 4.74 Å². The lowest BCUT2D eigenvalue weighted by atomic mass is 9.98. The molecular formula is C15H24N4O2. The summed E-state index contributed by atoms with van der Waals surface area (Å²) in [4.78, 5) is 14.3. The Bertz CT molecular complexity index is 520. The zero-order chi connectivity index (χ0) is 15.2. The summed E-state index contributed by atoms with van der Waals surface area (Å²) in [5.41, 5.74) is 6.00. The summed E-state index contributed by atoms with van der Waals surface area (Å²) in [5, 5.41) is 4.32. The molecule has 0 aromatic carbocycles. The second-order valence-electron chi connectivity index (χ2n) is 7.15. The number of anilines is 1. The number of hydrogen-bond donors (Lipinski definition) is 1. The molecule has 2 saturated heterocycles. The maximum atomic E-state index is 12.4. The molecule has 2 fully saturated rings. The van der Waals surface area contributed by atoms with Crippen LogP contribution in [0.2, 0.25) is 0 Å². The predicted octanol–water partition coefficient (Wildman–Crippen LogP) is 2.57. The largest absolute Gasteiger partial charge is 0.444 e. The van der Waals surface area contributed by atoms with Gasteiger partial charge in [-0.3, -0.25) is 4.68 Å². The van der Waals surface area contributed by atoms with Gasteiger partial charge in [0.25, 0.3) is 0 Å². The van der Waals surface area contributed by atoms with Gasteiger partial charge in [0.05, 0.1) is 17.9 Å². The Labute approximate surface area is 125 Å². The van der Waals surface area contributed by atoms with Gasteiger partial charge < -0.3 is 15.4 Å². The number of nitrogens with two attached hydrogens (primary N) is 1. The summed E-state index contributed by atoms with van der Waals surface area (Å²) in [6.45, 7) is 5.73. The predicted molar refractivity (Wildman–Crippen MR) is 79.8 cm³/mol. The molecule has 116 valence electrons. The summed E-state index contributed by atoms with van der Waals surface area (Å²) in [6.07, 6.45) is 7.35. The van der Waals surface area contributed by atoms with E-state index in [-0.39, 0.29) is 18.2 Å². The number of nitrogens with zero attached hydrogens (tertiary/aromatic N) is 3. The van der Waals surface area contributed by atoms with Gasteiger partial charge >= 0.3 is 6.09 Å². The molecule has 21 heavy (non-hydrogen) atoms. The third-order valence-corrected chi connectivity index (χ3v) is 4.31. The molecule has 6 heteroatoms. The second kappa shape index (κ2) is 4.93. The van der Waals surface area contributed by atoms with Crippen molar-refractivity contribution in [2.75, 3.05) is 5.73 Å². The van der Waals surface area contributed by atoms with Crippen LogP contribution < -0.4 is 5.73 Å². The zero-order valence-electron chi connectivity index (χ0n) is 13.0. The molecule has 2 N–H and O–H groups in total. The molecular weight excluding hydrogens is 268 g/mol. The number of ether oxygens (including phenoxy) is 1. The SMILES string of the molecule is CC(C)(C)OC(=O)N1C2CCC1CC(n1cc(N)cn1)C2. The number of aromatic nitrogens is 2. The fourth-order valence-corrected chi connectivity index (χ4v) is 3.53. The van der Waals surface area contributed by atoms with E-state index in [2.05, 4.69) is 5.10 Å². The third-order valence-electron chi connectivity index (χ3n) is 4.31. The Morgan fingerprint density at radius 2 is 1.90 bits per heavy atom. The van der Waals surface area contributed by atoms with Crippen LogP contribution in [0.4, 0.5) is 10.5 Å². The average molecular weight is 292 g/mol. The van der Waals surface area contributed by atoms with Crippen LogP contribution in [0.5, 0.6) is 0 Å². The maximum absolute atomic E-state index is 12.4. The molecule has 3 heterocycles. The summed E-state index contributed by atoms with van der Waals surface area (Å²) < 4.78 is 7.50.